The third-order valence-electron chi connectivity index (χ3n) is 4.66. The minimum atomic E-state index is 0.408. The number of para-hydroxylation sites is 2. The van der Waals surface area contributed by atoms with Gasteiger partial charge >= 0.3 is 0 Å². The number of rotatable bonds is 2. The van der Waals surface area contributed by atoms with Gasteiger partial charge in [-0.2, -0.15) is 5.10 Å². The largest absolute Gasteiger partial charge is 0.448 e. The van der Waals surface area contributed by atoms with Gasteiger partial charge in [-0.1, -0.05) is 42.0 Å². The molecule has 24 heavy (non-hydrogen) atoms. The molecule has 1 saturated carbocycles. The summed E-state index contributed by atoms with van der Waals surface area (Å²) in [5.74, 6) is 3.41. The summed E-state index contributed by atoms with van der Waals surface area (Å²) >= 11 is 0. The van der Waals surface area contributed by atoms with E-state index in [-0.39, 0.29) is 0 Å². The van der Waals surface area contributed by atoms with Crippen LogP contribution < -0.4 is 9.47 Å². The Hall–Kier alpha value is -2.88. The highest BCUT2D eigenvalue weighted by atomic mass is 16.6. The number of aryl methyl sites for hydroxylation is 1. The van der Waals surface area contributed by atoms with Crippen LogP contribution in [0.5, 0.6) is 23.1 Å². The Morgan fingerprint density at radius 3 is 2.50 bits per heavy atom. The van der Waals surface area contributed by atoms with Crippen LogP contribution >= 0.6 is 0 Å². The molecule has 1 fully saturated rings. The molecule has 0 N–H and O–H groups in total. The summed E-state index contributed by atoms with van der Waals surface area (Å²) in [5, 5.41) is 8.60. The molecule has 3 aromatic rings. The summed E-state index contributed by atoms with van der Waals surface area (Å²) in [5.41, 5.74) is 3.65. The molecular weight excluding hydrogens is 300 g/mol. The molecule has 1 aliphatic heterocycles. The van der Waals surface area contributed by atoms with Crippen molar-refractivity contribution in [1.82, 2.24) is 10.2 Å². The van der Waals surface area contributed by atoms with E-state index in [1.54, 1.807) is 0 Å². The number of hydrogen-bond acceptors (Lipinski definition) is 4. The Balaban J connectivity index is 1.42. The molecule has 0 radical (unpaired) electrons. The number of aromatic nitrogens is 2. The van der Waals surface area contributed by atoms with E-state index in [0.29, 0.717) is 29.2 Å². The van der Waals surface area contributed by atoms with E-state index in [4.69, 9.17) is 9.47 Å². The summed E-state index contributed by atoms with van der Waals surface area (Å²) in [6, 6.07) is 18.3. The smallest absolute Gasteiger partial charge is 0.282 e. The highest BCUT2D eigenvalue weighted by Crippen LogP contribution is 2.55. The lowest BCUT2D eigenvalue weighted by molar-refractivity contribution is 0.342. The van der Waals surface area contributed by atoms with Crippen LogP contribution in [-0.4, -0.2) is 10.2 Å². The van der Waals surface area contributed by atoms with Crippen LogP contribution in [0.1, 0.15) is 35.1 Å². The average Bonchev–Trinajstić information content (AvgIpc) is 3.40. The van der Waals surface area contributed by atoms with Gasteiger partial charge in [0, 0.05) is 12.0 Å². The van der Waals surface area contributed by atoms with Crippen LogP contribution in [0.3, 0.4) is 0 Å². The number of nitrogens with zero attached hydrogens (tertiary/aromatic N) is 2. The predicted molar refractivity (Wildman–Crippen MR) is 89.9 cm³/mol. The Kier molecular flexibility index (Phi) is 2.86. The minimum Gasteiger partial charge on any atom is -0.448 e. The number of hydrogen-bond donors (Lipinski definition) is 0. The first-order valence-corrected chi connectivity index (χ1v) is 8.17. The SMILES string of the molecule is Cc1cccc(C2CC2c2cc3c(nn2)Oc2ccccc2O3)c1. The van der Waals surface area contributed by atoms with Gasteiger partial charge in [0.2, 0.25) is 0 Å². The molecule has 2 atom stereocenters. The highest BCUT2D eigenvalue weighted by Gasteiger charge is 2.41. The topological polar surface area (TPSA) is 44.2 Å². The highest BCUT2D eigenvalue weighted by molar-refractivity contribution is 5.52. The van der Waals surface area contributed by atoms with Crippen LogP contribution in [0.15, 0.2) is 54.6 Å². The molecule has 1 aliphatic carbocycles. The maximum Gasteiger partial charge on any atom is 0.282 e. The maximum absolute atomic E-state index is 5.93. The Labute approximate surface area is 140 Å². The third kappa shape index (κ3) is 2.22. The molecule has 0 saturated heterocycles. The second kappa shape index (κ2) is 5.06. The molecule has 0 bridgehead atoms. The van der Waals surface area contributed by atoms with Gasteiger partial charge in [-0.3, -0.25) is 0 Å². The number of benzene rings is 2. The summed E-state index contributed by atoms with van der Waals surface area (Å²) in [7, 11) is 0. The lowest BCUT2D eigenvalue weighted by Gasteiger charge is -2.19. The van der Waals surface area contributed by atoms with Gasteiger partial charge in [-0.25, -0.2) is 0 Å². The van der Waals surface area contributed by atoms with Crippen molar-refractivity contribution < 1.29 is 9.47 Å². The van der Waals surface area contributed by atoms with Crippen LogP contribution in [0.2, 0.25) is 0 Å². The Bertz CT molecular complexity index is 938. The molecule has 2 unspecified atom stereocenters. The van der Waals surface area contributed by atoms with Crippen molar-refractivity contribution in [3.05, 3.63) is 71.4 Å². The van der Waals surface area contributed by atoms with Crippen LogP contribution in [0.4, 0.5) is 0 Å². The van der Waals surface area contributed by atoms with E-state index in [0.717, 1.165) is 17.9 Å². The lowest BCUT2D eigenvalue weighted by Crippen LogP contribution is -2.03. The van der Waals surface area contributed by atoms with Crippen molar-refractivity contribution in [3.8, 4) is 23.1 Å². The first-order chi connectivity index (χ1) is 11.8. The zero-order valence-electron chi connectivity index (χ0n) is 13.3. The standard InChI is InChI=1S/C20H16N2O2/c1-12-5-4-6-13(9-12)14-10-15(14)16-11-19-20(22-21-16)24-18-8-3-2-7-17(18)23-19/h2-9,11,14-15H,10H2,1H3. The third-order valence-corrected chi connectivity index (χ3v) is 4.66. The second-order valence-electron chi connectivity index (χ2n) is 6.45. The number of ether oxygens (including phenoxy) is 2. The van der Waals surface area contributed by atoms with Gasteiger partial charge in [-0.15, -0.1) is 5.10 Å². The minimum absolute atomic E-state index is 0.408. The fraction of sp³-hybridized carbons (Fsp3) is 0.200. The zero-order chi connectivity index (χ0) is 16.1. The molecule has 0 spiro atoms. The van der Waals surface area contributed by atoms with Gasteiger partial charge in [-0.05, 0) is 37.0 Å². The first-order valence-electron chi connectivity index (χ1n) is 8.17. The molecule has 1 aromatic heterocycles. The normalized spacial score (nSPS) is 20.4. The van der Waals surface area contributed by atoms with Crippen molar-refractivity contribution in [3.63, 3.8) is 0 Å². The first kappa shape index (κ1) is 13.5. The summed E-state index contributed by atoms with van der Waals surface area (Å²) in [4.78, 5) is 0. The monoisotopic (exact) mass is 316 g/mol. The van der Waals surface area contributed by atoms with Crippen molar-refractivity contribution in [2.75, 3.05) is 0 Å². The molecule has 4 nitrogen and oxygen atoms in total. The van der Waals surface area contributed by atoms with Crippen molar-refractivity contribution in [2.45, 2.75) is 25.2 Å². The van der Waals surface area contributed by atoms with Gasteiger partial charge in [0.05, 0.1) is 5.69 Å². The molecule has 2 aromatic carbocycles. The molecule has 2 aliphatic rings. The average molecular weight is 316 g/mol. The molecule has 5 rings (SSSR count). The molecule has 118 valence electrons. The van der Waals surface area contributed by atoms with E-state index in [1.807, 2.05) is 30.3 Å². The van der Waals surface area contributed by atoms with Gasteiger partial charge in [0.15, 0.2) is 17.2 Å². The van der Waals surface area contributed by atoms with Crippen molar-refractivity contribution >= 4 is 0 Å². The quantitative estimate of drug-likeness (QED) is 0.524. The molecule has 2 heterocycles. The zero-order valence-corrected chi connectivity index (χ0v) is 13.3. The second-order valence-corrected chi connectivity index (χ2v) is 6.45. The number of fused-ring (bicyclic) bond motifs is 2. The molecule has 0 amide bonds. The molecule has 4 heteroatoms. The summed E-state index contributed by atoms with van der Waals surface area (Å²) < 4.78 is 11.7. The van der Waals surface area contributed by atoms with Crippen LogP contribution in [0, 0.1) is 6.92 Å². The Morgan fingerprint density at radius 2 is 1.67 bits per heavy atom. The predicted octanol–water partition coefficient (Wildman–Crippen LogP) is 4.95. The summed E-state index contributed by atoms with van der Waals surface area (Å²) in [6.45, 7) is 2.13. The Morgan fingerprint density at radius 1 is 0.833 bits per heavy atom. The van der Waals surface area contributed by atoms with Crippen molar-refractivity contribution in [2.24, 2.45) is 0 Å². The van der Waals surface area contributed by atoms with E-state index in [2.05, 4.69) is 41.4 Å². The van der Waals surface area contributed by atoms with Gasteiger partial charge < -0.3 is 9.47 Å². The lowest BCUT2D eigenvalue weighted by atomic mass is 10.1. The van der Waals surface area contributed by atoms with E-state index in [9.17, 15) is 0 Å². The fourth-order valence-electron chi connectivity index (χ4n) is 3.33. The summed E-state index contributed by atoms with van der Waals surface area (Å²) in [6.07, 6.45) is 1.11. The fourth-order valence-corrected chi connectivity index (χ4v) is 3.33. The van der Waals surface area contributed by atoms with E-state index >= 15 is 0 Å². The van der Waals surface area contributed by atoms with Gasteiger partial charge in [0.25, 0.3) is 5.88 Å². The molecular formula is C20H16N2O2. The maximum atomic E-state index is 5.93. The van der Waals surface area contributed by atoms with Crippen LogP contribution in [0.25, 0.3) is 0 Å². The van der Waals surface area contributed by atoms with Crippen LogP contribution in [-0.2, 0) is 0 Å². The van der Waals surface area contributed by atoms with E-state index in [1.165, 1.54) is 11.1 Å². The van der Waals surface area contributed by atoms with Crippen molar-refractivity contribution in [1.29, 1.82) is 0 Å². The van der Waals surface area contributed by atoms with Gasteiger partial charge in [0.1, 0.15) is 0 Å². The van der Waals surface area contributed by atoms with E-state index < -0.39 is 0 Å².